The maximum absolute atomic E-state index is 12.4. The highest BCUT2D eigenvalue weighted by Crippen LogP contribution is 2.28. The molecule has 0 saturated carbocycles. The van der Waals surface area contributed by atoms with Gasteiger partial charge in [-0.05, 0) is 44.5 Å². The second-order valence-electron chi connectivity index (χ2n) is 5.10. The van der Waals surface area contributed by atoms with E-state index in [0.717, 1.165) is 23.9 Å². The summed E-state index contributed by atoms with van der Waals surface area (Å²) in [5.74, 6) is -0.0291. The Kier molecular flexibility index (Phi) is 4.23. The molecule has 1 amide bonds. The summed E-state index contributed by atoms with van der Waals surface area (Å²) in [5, 5.41) is 15.2. The summed E-state index contributed by atoms with van der Waals surface area (Å²) in [6, 6.07) is 7.37. The van der Waals surface area contributed by atoms with Crippen molar-refractivity contribution in [2.24, 2.45) is 5.41 Å². The quantitative estimate of drug-likeness (QED) is 0.880. The highest BCUT2D eigenvalue weighted by Gasteiger charge is 2.34. The SMILES string of the molecule is CC1(C(=O)Nc2ccc(Br)cc2C#N)CCCNC1. The number of carbonyl (C=O) groups is 1. The minimum atomic E-state index is -0.405. The molecule has 100 valence electrons. The van der Waals surface area contributed by atoms with Crippen molar-refractivity contribution >= 4 is 27.5 Å². The smallest absolute Gasteiger partial charge is 0.231 e. The van der Waals surface area contributed by atoms with Crippen LogP contribution in [0.15, 0.2) is 22.7 Å². The lowest BCUT2D eigenvalue weighted by Crippen LogP contribution is -2.46. The number of anilines is 1. The first-order chi connectivity index (χ1) is 9.05. The van der Waals surface area contributed by atoms with Crippen LogP contribution in [0.1, 0.15) is 25.3 Å². The van der Waals surface area contributed by atoms with Crippen molar-refractivity contribution in [1.82, 2.24) is 5.32 Å². The molecule has 1 unspecified atom stereocenters. The standard InChI is InChI=1S/C14H16BrN3O/c1-14(5-2-6-17-9-14)13(19)18-12-4-3-11(15)7-10(12)8-16/h3-4,7,17H,2,5-6,9H2,1H3,(H,18,19). The summed E-state index contributed by atoms with van der Waals surface area (Å²) >= 11 is 3.32. The summed E-state index contributed by atoms with van der Waals surface area (Å²) in [6.07, 6.45) is 1.86. The molecule has 1 fully saturated rings. The topological polar surface area (TPSA) is 64.9 Å². The Hall–Kier alpha value is -1.38. The van der Waals surface area contributed by atoms with Gasteiger partial charge < -0.3 is 10.6 Å². The van der Waals surface area contributed by atoms with Gasteiger partial charge in [-0.3, -0.25) is 4.79 Å². The van der Waals surface area contributed by atoms with Gasteiger partial charge in [-0.1, -0.05) is 15.9 Å². The van der Waals surface area contributed by atoms with Gasteiger partial charge in [0.25, 0.3) is 0 Å². The zero-order valence-corrected chi connectivity index (χ0v) is 12.4. The van der Waals surface area contributed by atoms with Gasteiger partial charge >= 0.3 is 0 Å². The molecule has 1 aliphatic rings. The molecule has 0 bridgehead atoms. The number of hydrogen-bond donors (Lipinski definition) is 2. The maximum Gasteiger partial charge on any atom is 0.231 e. The molecule has 5 heteroatoms. The molecule has 2 N–H and O–H groups in total. The Balaban J connectivity index is 2.17. The minimum Gasteiger partial charge on any atom is -0.324 e. The third-order valence-corrected chi connectivity index (χ3v) is 3.99. The molecule has 0 radical (unpaired) electrons. The van der Waals surface area contributed by atoms with Crippen molar-refractivity contribution in [3.05, 3.63) is 28.2 Å². The lowest BCUT2D eigenvalue weighted by molar-refractivity contribution is -0.125. The van der Waals surface area contributed by atoms with Crippen LogP contribution in [0, 0.1) is 16.7 Å². The van der Waals surface area contributed by atoms with Crippen molar-refractivity contribution in [2.75, 3.05) is 18.4 Å². The lowest BCUT2D eigenvalue weighted by atomic mass is 9.82. The Morgan fingerprint density at radius 1 is 1.58 bits per heavy atom. The lowest BCUT2D eigenvalue weighted by Gasteiger charge is -2.32. The van der Waals surface area contributed by atoms with Gasteiger partial charge in [0.1, 0.15) is 6.07 Å². The first-order valence-corrected chi connectivity index (χ1v) is 7.06. The number of carbonyl (C=O) groups excluding carboxylic acids is 1. The van der Waals surface area contributed by atoms with Gasteiger partial charge in [-0.15, -0.1) is 0 Å². The monoisotopic (exact) mass is 321 g/mol. The molecule has 1 aromatic carbocycles. The predicted octanol–water partition coefficient (Wildman–Crippen LogP) is 2.65. The van der Waals surface area contributed by atoms with Crippen LogP contribution >= 0.6 is 15.9 Å². The Morgan fingerprint density at radius 2 is 2.37 bits per heavy atom. The number of rotatable bonds is 2. The van der Waals surface area contributed by atoms with Crippen molar-refractivity contribution < 1.29 is 4.79 Å². The predicted molar refractivity (Wildman–Crippen MR) is 77.7 cm³/mol. The van der Waals surface area contributed by atoms with Crippen molar-refractivity contribution in [2.45, 2.75) is 19.8 Å². The molecule has 1 aliphatic heterocycles. The molecule has 2 rings (SSSR count). The average molecular weight is 322 g/mol. The van der Waals surface area contributed by atoms with Crippen LogP contribution in [-0.4, -0.2) is 19.0 Å². The third kappa shape index (κ3) is 3.14. The Bertz CT molecular complexity index is 530. The van der Waals surface area contributed by atoms with Gasteiger partial charge in [0.05, 0.1) is 16.7 Å². The van der Waals surface area contributed by atoms with Crippen molar-refractivity contribution in [1.29, 1.82) is 5.26 Å². The Labute approximate surface area is 121 Å². The van der Waals surface area contributed by atoms with E-state index in [4.69, 9.17) is 5.26 Å². The summed E-state index contributed by atoms with van der Waals surface area (Å²) in [7, 11) is 0. The fourth-order valence-corrected chi connectivity index (χ4v) is 2.60. The molecule has 0 aliphatic carbocycles. The van der Waals surface area contributed by atoms with E-state index in [-0.39, 0.29) is 5.91 Å². The van der Waals surface area contributed by atoms with Crippen LogP contribution in [0.4, 0.5) is 5.69 Å². The number of benzene rings is 1. The molecular weight excluding hydrogens is 306 g/mol. The molecule has 1 saturated heterocycles. The average Bonchev–Trinajstić information content (AvgIpc) is 2.41. The zero-order valence-electron chi connectivity index (χ0n) is 10.8. The first-order valence-electron chi connectivity index (χ1n) is 6.27. The molecule has 19 heavy (non-hydrogen) atoms. The number of nitrogens with one attached hydrogen (secondary N) is 2. The summed E-state index contributed by atoms with van der Waals surface area (Å²) in [5.41, 5.74) is 0.635. The van der Waals surface area contributed by atoms with E-state index in [0.29, 0.717) is 17.8 Å². The van der Waals surface area contributed by atoms with Crippen molar-refractivity contribution in [3.8, 4) is 6.07 Å². The molecule has 4 nitrogen and oxygen atoms in total. The highest BCUT2D eigenvalue weighted by molar-refractivity contribution is 9.10. The number of nitrogens with zero attached hydrogens (tertiary/aromatic N) is 1. The molecule has 1 heterocycles. The van der Waals surface area contributed by atoms with Gasteiger partial charge in [-0.2, -0.15) is 5.26 Å². The number of nitriles is 1. The molecular formula is C14H16BrN3O. The fourth-order valence-electron chi connectivity index (χ4n) is 2.24. The van der Waals surface area contributed by atoms with E-state index < -0.39 is 5.41 Å². The van der Waals surface area contributed by atoms with E-state index >= 15 is 0 Å². The van der Waals surface area contributed by atoms with Crippen LogP contribution in [0.2, 0.25) is 0 Å². The van der Waals surface area contributed by atoms with E-state index in [1.54, 1.807) is 12.1 Å². The maximum atomic E-state index is 12.4. The van der Waals surface area contributed by atoms with Gasteiger partial charge in [0.2, 0.25) is 5.91 Å². The fraction of sp³-hybridized carbons (Fsp3) is 0.429. The van der Waals surface area contributed by atoms with Gasteiger partial charge in [0.15, 0.2) is 0 Å². The molecule has 1 aromatic rings. The van der Waals surface area contributed by atoms with Crippen LogP contribution in [0.25, 0.3) is 0 Å². The van der Waals surface area contributed by atoms with Crippen molar-refractivity contribution in [3.63, 3.8) is 0 Å². The van der Waals surface area contributed by atoms with Gasteiger partial charge in [0, 0.05) is 11.0 Å². The van der Waals surface area contributed by atoms with E-state index in [1.165, 1.54) is 0 Å². The largest absolute Gasteiger partial charge is 0.324 e. The molecule has 1 atom stereocenters. The molecule has 0 spiro atoms. The summed E-state index contributed by atoms with van der Waals surface area (Å²) in [6.45, 7) is 3.60. The number of piperidine rings is 1. The van der Waals surface area contributed by atoms with Crippen LogP contribution < -0.4 is 10.6 Å². The summed E-state index contributed by atoms with van der Waals surface area (Å²) < 4.78 is 0.826. The number of amides is 1. The summed E-state index contributed by atoms with van der Waals surface area (Å²) in [4.78, 5) is 12.4. The highest BCUT2D eigenvalue weighted by atomic mass is 79.9. The Morgan fingerprint density at radius 3 is 3.00 bits per heavy atom. The van der Waals surface area contributed by atoms with E-state index in [1.807, 2.05) is 13.0 Å². The van der Waals surface area contributed by atoms with Gasteiger partial charge in [-0.25, -0.2) is 0 Å². The van der Waals surface area contributed by atoms with Crippen LogP contribution in [-0.2, 0) is 4.79 Å². The first kappa shape index (κ1) is 14.0. The van der Waals surface area contributed by atoms with E-state index in [2.05, 4.69) is 32.6 Å². The van der Waals surface area contributed by atoms with Crippen LogP contribution in [0.5, 0.6) is 0 Å². The zero-order chi connectivity index (χ0) is 13.9. The number of hydrogen-bond acceptors (Lipinski definition) is 3. The molecule has 0 aromatic heterocycles. The van der Waals surface area contributed by atoms with E-state index in [9.17, 15) is 4.79 Å². The second kappa shape index (κ2) is 5.72. The van der Waals surface area contributed by atoms with Crippen LogP contribution in [0.3, 0.4) is 0 Å². The second-order valence-corrected chi connectivity index (χ2v) is 6.01. The minimum absolute atomic E-state index is 0.0291. The normalized spacial score (nSPS) is 22.6. The third-order valence-electron chi connectivity index (χ3n) is 3.50. The number of halogens is 1.